The predicted octanol–water partition coefficient (Wildman–Crippen LogP) is 1.67. The average Bonchev–Trinajstić information content (AvgIpc) is 2.65. The van der Waals surface area contributed by atoms with E-state index in [9.17, 15) is 4.79 Å². The van der Waals surface area contributed by atoms with E-state index in [-0.39, 0.29) is 5.91 Å². The maximum absolute atomic E-state index is 11.8. The van der Waals surface area contributed by atoms with Crippen LogP contribution in [-0.2, 0) is 6.54 Å². The van der Waals surface area contributed by atoms with Crippen LogP contribution in [0.5, 0.6) is 0 Å². The summed E-state index contributed by atoms with van der Waals surface area (Å²) in [7, 11) is 0. The molecule has 0 aliphatic carbocycles. The number of anilines is 1. The Hall–Kier alpha value is -1.95. The topological polar surface area (TPSA) is 80.9 Å². The van der Waals surface area contributed by atoms with Crippen molar-refractivity contribution in [2.45, 2.75) is 20.4 Å². The van der Waals surface area contributed by atoms with Crippen molar-refractivity contribution in [3.63, 3.8) is 0 Å². The lowest BCUT2D eigenvalue weighted by atomic mass is 10.3. The maximum Gasteiger partial charge on any atom is 0.270 e. The van der Waals surface area contributed by atoms with Gasteiger partial charge in [0.05, 0.1) is 17.2 Å². The van der Waals surface area contributed by atoms with Crippen molar-refractivity contribution in [1.29, 1.82) is 0 Å². The van der Waals surface area contributed by atoms with E-state index >= 15 is 0 Å². The van der Waals surface area contributed by atoms with E-state index in [0.29, 0.717) is 18.1 Å². The van der Waals surface area contributed by atoms with Crippen LogP contribution in [0.4, 0.5) is 5.82 Å². The number of hydrogen-bond donors (Lipinski definition) is 2. The van der Waals surface area contributed by atoms with Crippen molar-refractivity contribution in [3.8, 4) is 0 Å². The summed E-state index contributed by atoms with van der Waals surface area (Å²) in [6.07, 6.45) is 0. The molecule has 1 amide bonds. The molecule has 18 heavy (non-hydrogen) atoms. The number of amides is 1. The zero-order chi connectivity index (χ0) is 13.1. The Bertz CT molecular complexity index is 579. The van der Waals surface area contributed by atoms with Gasteiger partial charge in [0.15, 0.2) is 0 Å². The van der Waals surface area contributed by atoms with Gasteiger partial charge in [0.25, 0.3) is 5.91 Å². The quantitative estimate of drug-likeness (QED) is 0.881. The molecule has 2 rings (SSSR count). The zero-order valence-corrected chi connectivity index (χ0v) is 11.0. The number of pyridine rings is 1. The largest absolute Gasteiger partial charge is 0.384 e. The normalized spacial score (nSPS) is 10.3. The summed E-state index contributed by atoms with van der Waals surface area (Å²) < 4.78 is 0. The fraction of sp³-hybridized carbons (Fsp3) is 0.250. The highest BCUT2D eigenvalue weighted by Crippen LogP contribution is 2.16. The summed E-state index contributed by atoms with van der Waals surface area (Å²) in [6.45, 7) is 4.35. The molecule has 6 heteroatoms. The maximum atomic E-state index is 11.8. The highest BCUT2D eigenvalue weighted by molar-refractivity contribution is 7.11. The standard InChI is InChI=1S/C12H14N4OS/c1-7-10(18-8(2)15-7)6-14-12(17)9-4-3-5-11(13)16-9/h3-5H,6H2,1-2H3,(H2,13,16)(H,14,17). The third-order valence-corrected chi connectivity index (χ3v) is 3.49. The van der Waals surface area contributed by atoms with Crippen molar-refractivity contribution in [1.82, 2.24) is 15.3 Å². The molecule has 0 aliphatic heterocycles. The number of rotatable bonds is 3. The molecule has 2 aromatic rings. The molecule has 0 radical (unpaired) electrons. The van der Waals surface area contributed by atoms with Crippen LogP contribution < -0.4 is 11.1 Å². The van der Waals surface area contributed by atoms with E-state index in [1.54, 1.807) is 29.5 Å². The Kier molecular flexibility index (Phi) is 3.57. The summed E-state index contributed by atoms with van der Waals surface area (Å²) in [5.41, 5.74) is 6.82. The SMILES string of the molecule is Cc1nc(C)c(CNC(=O)c2cccc(N)n2)s1. The van der Waals surface area contributed by atoms with Gasteiger partial charge in [-0.05, 0) is 26.0 Å². The molecule has 2 aromatic heterocycles. The van der Waals surface area contributed by atoms with Crippen molar-refractivity contribution >= 4 is 23.1 Å². The molecule has 0 unspecified atom stereocenters. The Morgan fingerprint density at radius 1 is 1.39 bits per heavy atom. The second kappa shape index (κ2) is 5.14. The third-order valence-electron chi connectivity index (χ3n) is 2.41. The first-order valence-corrected chi connectivity index (χ1v) is 6.31. The Balaban J connectivity index is 2.02. The van der Waals surface area contributed by atoms with E-state index in [2.05, 4.69) is 15.3 Å². The number of carbonyl (C=O) groups is 1. The first-order valence-electron chi connectivity index (χ1n) is 5.50. The molecule has 0 fully saturated rings. The summed E-state index contributed by atoms with van der Waals surface area (Å²) in [4.78, 5) is 21.2. The Morgan fingerprint density at radius 3 is 2.78 bits per heavy atom. The van der Waals surface area contributed by atoms with Gasteiger partial charge in [0.2, 0.25) is 0 Å². The summed E-state index contributed by atoms with van der Waals surface area (Å²) in [5.74, 6) is 0.111. The lowest BCUT2D eigenvalue weighted by Crippen LogP contribution is -2.23. The summed E-state index contributed by atoms with van der Waals surface area (Å²) in [5, 5.41) is 3.81. The second-order valence-electron chi connectivity index (χ2n) is 3.87. The van der Waals surface area contributed by atoms with Gasteiger partial charge in [-0.15, -0.1) is 11.3 Å². The van der Waals surface area contributed by atoms with Crippen LogP contribution in [-0.4, -0.2) is 15.9 Å². The lowest BCUT2D eigenvalue weighted by Gasteiger charge is -2.04. The molecular weight excluding hydrogens is 248 g/mol. The number of carbonyl (C=O) groups excluding carboxylic acids is 1. The molecule has 2 heterocycles. The van der Waals surface area contributed by atoms with Crippen LogP contribution in [0, 0.1) is 13.8 Å². The molecule has 3 N–H and O–H groups in total. The molecule has 0 saturated heterocycles. The molecule has 94 valence electrons. The molecule has 0 aliphatic rings. The van der Waals surface area contributed by atoms with Crippen LogP contribution in [0.1, 0.15) is 26.1 Å². The Morgan fingerprint density at radius 2 is 2.17 bits per heavy atom. The van der Waals surface area contributed by atoms with Gasteiger partial charge in [-0.2, -0.15) is 0 Å². The number of aryl methyl sites for hydroxylation is 2. The number of aromatic nitrogens is 2. The van der Waals surface area contributed by atoms with Gasteiger partial charge in [0, 0.05) is 4.88 Å². The highest BCUT2D eigenvalue weighted by atomic mass is 32.1. The van der Waals surface area contributed by atoms with E-state index in [1.807, 2.05) is 13.8 Å². The molecule has 0 spiro atoms. The van der Waals surface area contributed by atoms with Crippen molar-refractivity contribution in [2.75, 3.05) is 5.73 Å². The minimum Gasteiger partial charge on any atom is -0.384 e. The van der Waals surface area contributed by atoms with Crippen molar-refractivity contribution in [3.05, 3.63) is 39.5 Å². The van der Waals surface area contributed by atoms with Crippen LogP contribution in [0.3, 0.4) is 0 Å². The fourth-order valence-electron chi connectivity index (χ4n) is 1.57. The van der Waals surface area contributed by atoms with Gasteiger partial charge in [-0.3, -0.25) is 4.79 Å². The third kappa shape index (κ3) is 2.84. The summed E-state index contributed by atoms with van der Waals surface area (Å²) >= 11 is 1.58. The lowest BCUT2D eigenvalue weighted by molar-refractivity contribution is 0.0946. The number of nitrogen functional groups attached to an aromatic ring is 1. The van der Waals surface area contributed by atoms with Crippen molar-refractivity contribution in [2.24, 2.45) is 0 Å². The highest BCUT2D eigenvalue weighted by Gasteiger charge is 2.09. The number of nitrogens with one attached hydrogen (secondary N) is 1. The molecule has 0 aromatic carbocycles. The first kappa shape index (κ1) is 12.5. The van der Waals surface area contributed by atoms with Gasteiger partial charge in [-0.25, -0.2) is 9.97 Å². The molecular formula is C12H14N4OS. The fourth-order valence-corrected chi connectivity index (χ4v) is 2.44. The van der Waals surface area contributed by atoms with Gasteiger partial charge in [0.1, 0.15) is 11.5 Å². The van der Waals surface area contributed by atoms with Crippen LogP contribution in [0.2, 0.25) is 0 Å². The van der Waals surface area contributed by atoms with Crippen LogP contribution in [0.15, 0.2) is 18.2 Å². The molecule has 0 atom stereocenters. The Labute approximate surface area is 109 Å². The molecule has 0 saturated carbocycles. The van der Waals surface area contributed by atoms with Crippen LogP contribution >= 0.6 is 11.3 Å². The second-order valence-corrected chi connectivity index (χ2v) is 5.16. The van der Waals surface area contributed by atoms with E-state index in [0.717, 1.165) is 15.6 Å². The zero-order valence-electron chi connectivity index (χ0n) is 10.2. The van der Waals surface area contributed by atoms with E-state index in [4.69, 9.17) is 5.73 Å². The minimum absolute atomic E-state index is 0.229. The molecule has 0 bridgehead atoms. The van der Waals surface area contributed by atoms with Crippen molar-refractivity contribution < 1.29 is 4.79 Å². The number of hydrogen-bond acceptors (Lipinski definition) is 5. The van der Waals surface area contributed by atoms with E-state index in [1.165, 1.54) is 0 Å². The average molecular weight is 262 g/mol. The number of nitrogens with zero attached hydrogens (tertiary/aromatic N) is 2. The van der Waals surface area contributed by atoms with Gasteiger partial charge in [-0.1, -0.05) is 6.07 Å². The van der Waals surface area contributed by atoms with E-state index < -0.39 is 0 Å². The van der Waals surface area contributed by atoms with Crippen LogP contribution in [0.25, 0.3) is 0 Å². The monoisotopic (exact) mass is 262 g/mol. The smallest absolute Gasteiger partial charge is 0.270 e. The minimum atomic E-state index is -0.229. The van der Waals surface area contributed by atoms with Gasteiger partial charge < -0.3 is 11.1 Å². The van der Waals surface area contributed by atoms with Gasteiger partial charge >= 0.3 is 0 Å². The first-order chi connectivity index (χ1) is 8.56. The molecule has 5 nitrogen and oxygen atoms in total. The predicted molar refractivity (Wildman–Crippen MR) is 71.4 cm³/mol. The number of nitrogens with two attached hydrogens (primary N) is 1. The summed E-state index contributed by atoms with van der Waals surface area (Å²) in [6, 6.07) is 4.99. The number of thiazole rings is 1.